The first-order chi connectivity index (χ1) is 14.8. The molecule has 1 N–H and O–H groups in total. The summed E-state index contributed by atoms with van der Waals surface area (Å²) in [5, 5.41) is 14.1. The maximum atomic E-state index is 9.51. The summed E-state index contributed by atoms with van der Waals surface area (Å²) in [6.07, 6.45) is 3.66. The third kappa shape index (κ3) is 4.51. The van der Waals surface area contributed by atoms with Gasteiger partial charge in [0.2, 0.25) is 0 Å². The summed E-state index contributed by atoms with van der Waals surface area (Å²) in [7, 11) is 0. The predicted octanol–water partition coefficient (Wildman–Crippen LogP) is 3.17. The van der Waals surface area contributed by atoms with Crippen molar-refractivity contribution in [2.45, 2.75) is 0 Å². The quantitative estimate of drug-likeness (QED) is 0.377. The highest BCUT2D eigenvalue weighted by Gasteiger charge is 2.12. The lowest BCUT2D eigenvalue weighted by atomic mass is 10.2. The van der Waals surface area contributed by atoms with Gasteiger partial charge in [-0.1, -0.05) is 5.16 Å². The molecule has 0 radical (unpaired) electrons. The molecule has 0 aliphatic carbocycles. The summed E-state index contributed by atoms with van der Waals surface area (Å²) < 4.78 is 19.3. The molecule has 1 aliphatic heterocycles. The molecular weight excluding hydrogens is 420 g/mol. The van der Waals surface area contributed by atoms with Crippen LogP contribution >= 0.6 is 12.4 Å². The second-order valence-electron chi connectivity index (χ2n) is 7.17. The highest BCUT2D eigenvalue weighted by molar-refractivity contribution is 5.85. The van der Waals surface area contributed by atoms with Crippen LogP contribution in [0.3, 0.4) is 0 Å². The summed E-state index contributed by atoms with van der Waals surface area (Å²) in [5.74, 6) is 1.22. The molecule has 0 spiro atoms. The van der Waals surface area contributed by atoms with E-state index in [2.05, 4.69) is 15.0 Å². The molecule has 1 saturated heterocycles. The fourth-order valence-corrected chi connectivity index (χ4v) is 3.64. The number of aromatic nitrogens is 2. The normalized spacial score (nSPS) is 15.3. The van der Waals surface area contributed by atoms with E-state index in [1.165, 1.54) is 0 Å². The van der Waals surface area contributed by atoms with E-state index in [1.54, 1.807) is 12.4 Å². The van der Waals surface area contributed by atoms with Crippen molar-refractivity contribution in [3.8, 4) is 17.2 Å². The van der Waals surface area contributed by atoms with Gasteiger partial charge in [0.1, 0.15) is 29.0 Å². The molecule has 1 aromatic carbocycles. The minimum absolute atomic E-state index is 0. The summed E-state index contributed by atoms with van der Waals surface area (Å²) in [6, 6.07) is 13.1. The average molecular weight is 443 g/mol. The third-order valence-corrected chi connectivity index (χ3v) is 5.27. The van der Waals surface area contributed by atoms with Crippen molar-refractivity contribution in [3.63, 3.8) is 0 Å². The molecule has 8 nitrogen and oxygen atoms in total. The number of benzene rings is 1. The molecule has 0 bridgehead atoms. The Balaban J connectivity index is 0.00000231. The number of hydrogen-bond donors (Lipinski definition) is 1. The van der Waals surface area contributed by atoms with Crippen molar-refractivity contribution in [3.05, 3.63) is 60.3 Å². The zero-order chi connectivity index (χ0) is 20.3. The Morgan fingerprint density at radius 1 is 1.13 bits per heavy atom. The summed E-state index contributed by atoms with van der Waals surface area (Å²) >= 11 is 0. The van der Waals surface area contributed by atoms with Crippen LogP contribution in [0.25, 0.3) is 27.9 Å². The van der Waals surface area contributed by atoms with Gasteiger partial charge in [0.25, 0.3) is 0 Å². The van der Waals surface area contributed by atoms with E-state index in [-0.39, 0.29) is 12.4 Å². The Morgan fingerprint density at radius 3 is 2.84 bits per heavy atom. The van der Waals surface area contributed by atoms with E-state index in [0.29, 0.717) is 40.1 Å². The first kappa shape index (κ1) is 21.2. The first-order valence-electron chi connectivity index (χ1n) is 9.92. The zero-order valence-corrected chi connectivity index (χ0v) is 17.6. The van der Waals surface area contributed by atoms with Crippen LogP contribution in [-0.4, -0.2) is 58.9 Å². The van der Waals surface area contributed by atoms with Crippen LogP contribution in [0.15, 0.2) is 64.6 Å². The summed E-state index contributed by atoms with van der Waals surface area (Å²) in [4.78, 5) is 6.77. The van der Waals surface area contributed by atoms with Gasteiger partial charge in [0.15, 0.2) is 5.76 Å². The summed E-state index contributed by atoms with van der Waals surface area (Å²) in [6.45, 7) is 4.83. The number of ether oxygens (including phenoxy) is 2. The third-order valence-electron chi connectivity index (χ3n) is 5.27. The second-order valence-corrected chi connectivity index (χ2v) is 7.17. The largest absolute Gasteiger partial charge is 0.492 e. The van der Waals surface area contributed by atoms with Gasteiger partial charge in [-0.15, -0.1) is 12.4 Å². The van der Waals surface area contributed by atoms with Gasteiger partial charge in [-0.05, 0) is 30.3 Å². The minimum Gasteiger partial charge on any atom is -0.492 e. The Labute approximate surface area is 184 Å². The van der Waals surface area contributed by atoms with Gasteiger partial charge in [0.05, 0.1) is 19.5 Å². The molecule has 1 aliphatic rings. The Bertz CT molecular complexity index is 1250. The monoisotopic (exact) mass is 442 g/mol. The number of hydrogen-bond acceptors (Lipinski definition) is 7. The molecule has 9 heteroatoms. The maximum absolute atomic E-state index is 9.51. The molecule has 0 amide bonds. The lowest BCUT2D eigenvalue weighted by Crippen LogP contribution is -2.38. The highest BCUT2D eigenvalue weighted by atomic mass is 35.5. The van der Waals surface area contributed by atoms with Crippen molar-refractivity contribution < 1.29 is 19.1 Å². The van der Waals surface area contributed by atoms with Crippen LogP contribution in [0.1, 0.15) is 0 Å². The average Bonchev–Trinajstić information content (AvgIpc) is 3.27. The standard InChI is InChI=1S/C22H22N4O4.ClH/c27-24-19-14-22(20-12-16-2-1-5-26(16)15-23-20)30-21-13-17(3-4-18(19)21)29-11-8-25-6-9-28-10-7-25;/h1-5,12-15,27H,6-11H2;1H/b24-19-;. The molecule has 1 fully saturated rings. The molecule has 3 aromatic heterocycles. The molecule has 0 unspecified atom stereocenters. The van der Waals surface area contributed by atoms with Crippen molar-refractivity contribution >= 4 is 28.9 Å². The topological polar surface area (TPSA) is 84.7 Å². The van der Waals surface area contributed by atoms with Crippen LogP contribution in [0.4, 0.5) is 0 Å². The maximum Gasteiger partial charge on any atom is 0.155 e. The van der Waals surface area contributed by atoms with Crippen molar-refractivity contribution in [2.24, 2.45) is 5.16 Å². The van der Waals surface area contributed by atoms with Crippen molar-refractivity contribution in [1.82, 2.24) is 14.3 Å². The Kier molecular flexibility index (Phi) is 6.41. The number of rotatable bonds is 5. The first-order valence-corrected chi connectivity index (χ1v) is 9.92. The van der Waals surface area contributed by atoms with Gasteiger partial charge in [-0.2, -0.15) is 0 Å². The van der Waals surface area contributed by atoms with Gasteiger partial charge in [-0.25, -0.2) is 4.98 Å². The van der Waals surface area contributed by atoms with E-state index in [1.807, 2.05) is 47.0 Å². The van der Waals surface area contributed by atoms with Crippen LogP contribution < -0.4 is 10.1 Å². The fraction of sp³-hybridized carbons (Fsp3) is 0.273. The highest BCUT2D eigenvalue weighted by Crippen LogP contribution is 2.25. The molecule has 0 saturated carbocycles. The number of halogens is 1. The second kappa shape index (κ2) is 9.38. The lowest BCUT2D eigenvalue weighted by Gasteiger charge is -2.26. The Morgan fingerprint density at radius 2 is 2.00 bits per heavy atom. The van der Waals surface area contributed by atoms with Gasteiger partial charge in [-0.3, -0.25) is 4.90 Å². The molecule has 5 rings (SSSR count). The van der Waals surface area contributed by atoms with Gasteiger partial charge >= 0.3 is 0 Å². The van der Waals surface area contributed by atoms with Crippen LogP contribution in [0.5, 0.6) is 5.75 Å². The number of morpholine rings is 1. The zero-order valence-electron chi connectivity index (χ0n) is 16.8. The number of nitrogens with zero attached hydrogens (tertiary/aromatic N) is 4. The van der Waals surface area contributed by atoms with Crippen LogP contribution in [-0.2, 0) is 4.74 Å². The fourth-order valence-electron chi connectivity index (χ4n) is 3.64. The van der Waals surface area contributed by atoms with Crippen LogP contribution in [0, 0.1) is 0 Å². The smallest absolute Gasteiger partial charge is 0.155 e. The molecule has 162 valence electrons. The van der Waals surface area contributed by atoms with E-state index in [4.69, 9.17) is 13.9 Å². The lowest BCUT2D eigenvalue weighted by molar-refractivity contribution is 0.0322. The van der Waals surface area contributed by atoms with Crippen molar-refractivity contribution in [1.29, 1.82) is 0 Å². The molecular formula is C22H23ClN4O4. The van der Waals surface area contributed by atoms with E-state index in [9.17, 15) is 5.21 Å². The van der Waals surface area contributed by atoms with E-state index >= 15 is 0 Å². The minimum atomic E-state index is 0. The summed E-state index contributed by atoms with van der Waals surface area (Å²) in [5.41, 5.74) is 2.23. The van der Waals surface area contributed by atoms with Gasteiger partial charge in [0, 0.05) is 48.9 Å². The molecule has 0 atom stereocenters. The predicted molar refractivity (Wildman–Crippen MR) is 118 cm³/mol. The van der Waals surface area contributed by atoms with Crippen LogP contribution in [0.2, 0.25) is 0 Å². The van der Waals surface area contributed by atoms with E-state index in [0.717, 1.165) is 38.4 Å². The van der Waals surface area contributed by atoms with Crippen molar-refractivity contribution in [2.75, 3.05) is 39.5 Å². The number of fused-ring (bicyclic) bond motifs is 2. The molecule has 4 aromatic rings. The molecule has 4 heterocycles. The SMILES string of the molecule is Cl.O/N=c1/cc(-c2cc3cccn3cn2)oc2cc(OCCN3CCOCC3)ccc12. The van der Waals surface area contributed by atoms with E-state index < -0.39 is 0 Å². The van der Waals surface area contributed by atoms with Gasteiger partial charge < -0.3 is 23.5 Å². The Hall–Kier alpha value is -3.07. The molecule has 31 heavy (non-hydrogen) atoms.